The van der Waals surface area contributed by atoms with Crippen molar-refractivity contribution in [1.29, 1.82) is 0 Å². The van der Waals surface area contributed by atoms with Crippen LogP contribution in [0.1, 0.15) is 35.4 Å². The van der Waals surface area contributed by atoms with Crippen LogP contribution in [0.2, 0.25) is 0 Å². The van der Waals surface area contributed by atoms with Gasteiger partial charge in [-0.3, -0.25) is 4.79 Å². The number of sulfone groups is 1. The maximum Gasteiger partial charge on any atom is 0.223 e. The van der Waals surface area contributed by atoms with Gasteiger partial charge < -0.3 is 10.6 Å². The topological polar surface area (TPSA) is 80.5 Å². The number of carbonyl (C=O) groups excluding carboxylic acids is 1. The van der Waals surface area contributed by atoms with Crippen LogP contribution in [0, 0.1) is 0 Å². The molecule has 2 N–H and O–H groups in total. The lowest BCUT2D eigenvalue weighted by Crippen LogP contribution is -2.33. The standard InChI is InChI=1S/C22H26N2O3S/c23-21-15-24(14-20(21)17-5-2-1-3-6-17)22(25)11-12-28(26,27)19-10-9-16-7-4-8-18(16)13-19/h1-3,5-6,9-10,13,20-21H,4,7-8,11-12,14-15,23H2/t20-,21+/m0/s1. The molecular formula is C22H26N2O3S. The molecule has 5 nitrogen and oxygen atoms in total. The fourth-order valence-electron chi connectivity index (χ4n) is 4.32. The Bertz CT molecular complexity index is 973. The molecule has 2 aliphatic rings. The lowest BCUT2D eigenvalue weighted by molar-refractivity contribution is -0.129. The van der Waals surface area contributed by atoms with E-state index in [-0.39, 0.29) is 30.0 Å². The van der Waals surface area contributed by atoms with E-state index in [0.717, 1.165) is 30.4 Å². The molecule has 0 saturated carbocycles. The number of likely N-dealkylation sites (tertiary alicyclic amines) is 1. The van der Waals surface area contributed by atoms with Gasteiger partial charge in [-0.1, -0.05) is 36.4 Å². The minimum absolute atomic E-state index is 0.00630. The number of carbonyl (C=O) groups is 1. The predicted molar refractivity (Wildman–Crippen MR) is 109 cm³/mol. The Hall–Kier alpha value is -2.18. The molecule has 1 saturated heterocycles. The number of hydrogen-bond acceptors (Lipinski definition) is 4. The smallest absolute Gasteiger partial charge is 0.223 e. The number of nitrogens with zero attached hydrogens (tertiary/aromatic N) is 1. The first kappa shape index (κ1) is 19.2. The van der Waals surface area contributed by atoms with Crippen LogP contribution in [0.25, 0.3) is 0 Å². The lowest BCUT2D eigenvalue weighted by Gasteiger charge is -2.16. The second-order valence-electron chi connectivity index (χ2n) is 7.83. The zero-order valence-corrected chi connectivity index (χ0v) is 16.7. The number of nitrogens with two attached hydrogens (primary N) is 1. The van der Waals surface area contributed by atoms with Crippen LogP contribution in [0.3, 0.4) is 0 Å². The van der Waals surface area contributed by atoms with E-state index in [1.54, 1.807) is 17.0 Å². The molecule has 1 amide bonds. The monoisotopic (exact) mass is 398 g/mol. The lowest BCUT2D eigenvalue weighted by atomic mass is 9.95. The minimum Gasteiger partial charge on any atom is -0.340 e. The Morgan fingerprint density at radius 3 is 2.57 bits per heavy atom. The Kier molecular flexibility index (Phi) is 5.25. The van der Waals surface area contributed by atoms with Crippen LogP contribution >= 0.6 is 0 Å². The van der Waals surface area contributed by atoms with Crippen molar-refractivity contribution >= 4 is 15.7 Å². The highest BCUT2D eigenvalue weighted by Gasteiger charge is 2.34. The second kappa shape index (κ2) is 7.68. The van der Waals surface area contributed by atoms with Gasteiger partial charge in [0, 0.05) is 31.5 Å². The first-order valence-electron chi connectivity index (χ1n) is 9.87. The molecule has 0 spiro atoms. The number of amides is 1. The summed E-state index contributed by atoms with van der Waals surface area (Å²) in [4.78, 5) is 14.7. The summed E-state index contributed by atoms with van der Waals surface area (Å²) in [6.45, 7) is 1.01. The van der Waals surface area contributed by atoms with Crippen molar-refractivity contribution in [1.82, 2.24) is 4.90 Å². The Labute approximate surface area is 166 Å². The summed E-state index contributed by atoms with van der Waals surface area (Å²) in [5.41, 5.74) is 9.75. The molecule has 4 rings (SSSR count). The van der Waals surface area contributed by atoms with E-state index >= 15 is 0 Å². The maximum atomic E-state index is 12.7. The predicted octanol–water partition coefficient (Wildman–Crippen LogP) is 2.29. The zero-order valence-electron chi connectivity index (χ0n) is 15.9. The molecule has 1 fully saturated rings. The molecule has 6 heteroatoms. The van der Waals surface area contributed by atoms with Crippen LogP contribution in [-0.2, 0) is 27.5 Å². The number of rotatable bonds is 5. The van der Waals surface area contributed by atoms with E-state index < -0.39 is 9.84 Å². The quantitative estimate of drug-likeness (QED) is 0.838. The molecule has 28 heavy (non-hydrogen) atoms. The fraction of sp³-hybridized carbons (Fsp3) is 0.409. The van der Waals surface area contributed by atoms with Crippen LogP contribution in [0.5, 0.6) is 0 Å². The summed E-state index contributed by atoms with van der Waals surface area (Å²) >= 11 is 0. The Balaban J connectivity index is 1.39. The normalized spacial score (nSPS) is 21.7. The highest BCUT2D eigenvalue weighted by molar-refractivity contribution is 7.91. The van der Waals surface area contributed by atoms with Crippen LogP contribution in [0.4, 0.5) is 0 Å². The number of aryl methyl sites for hydroxylation is 2. The third kappa shape index (κ3) is 3.84. The first-order valence-corrected chi connectivity index (χ1v) is 11.5. The van der Waals surface area contributed by atoms with Gasteiger partial charge in [0.1, 0.15) is 0 Å². The molecule has 0 bridgehead atoms. The van der Waals surface area contributed by atoms with Gasteiger partial charge in [-0.05, 0) is 48.1 Å². The van der Waals surface area contributed by atoms with E-state index in [9.17, 15) is 13.2 Å². The Morgan fingerprint density at radius 2 is 1.79 bits per heavy atom. The molecule has 2 aromatic carbocycles. The van der Waals surface area contributed by atoms with Crippen molar-refractivity contribution in [3.63, 3.8) is 0 Å². The van der Waals surface area contributed by atoms with Gasteiger partial charge in [0.25, 0.3) is 0 Å². The Morgan fingerprint density at radius 1 is 1.04 bits per heavy atom. The van der Waals surface area contributed by atoms with E-state index in [1.807, 2.05) is 36.4 Å². The maximum absolute atomic E-state index is 12.7. The zero-order chi connectivity index (χ0) is 19.7. The number of benzene rings is 2. The fourth-order valence-corrected chi connectivity index (χ4v) is 5.60. The summed E-state index contributed by atoms with van der Waals surface area (Å²) in [7, 11) is -3.46. The number of fused-ring (bicyclic) bond motifs is 1. The van der Waals surface area contributed by atoms with Gasteiger partial charge >= 0.3 is 0 Å². The SMILES string of the molecule is N[C@@H]1CN(C(=O)CCS(=O)(=O)c2ccc3c(c2)CCC3)C[C@H]1c1ccccc1. The van der Waals surface area contributed by atoms with E-state index in [1.165, 1.54) is 5.56 Å². The average Bonchev–Trinajstić information content (AvgIpc) is 3.32. The highest BCUT2D eigenvalue weighted by atomic mass is 32.2. The first-order chi connectivity index (χ1) is 13.4. The van der Waals surface area contributed by atoms with E-state index in [2.05, 4.69) is 0 Å². The van der Waals surface area contributed by atoms with Gasteiger partial charge in [0.15, 0.2) is 9.84 Å². The van der Waals surface area contributed by atoms with Crippen molar-refractivity contribution in [2.45, 2.75) is 42.5 Å². The van der Waals surface area contributed by atoms with Crippen molar-refractivity contribution in [3.8, 4) is 0 Å². The average molecular weight is 399 g/mol. The number of hydrogen-bond donors (Lipinski definition) is 1. The van der Waals surface area contributed by atoms with E-state index in [4.69, 9.17) is 5.73 Å². The molecule has 0 unspecified atom stereocenters. The van der Waals surface area contributed by atoms with Crippen LogP contribution < -0.4 is 5.73 Å². The molecule has 1 aliphatic carbocycles. The van der Waals surface area contributed by atoms with Crippen molar-refractivity contribution in [2.75, 3.05) is 18.8 Å². The molecule has 0 radical (unpaired) electrons. The molecule has 1 aliphatic heterocycles. The third-order valence-corrected chi connectivity index (χ3v) is 7.67. The second-order valence-corrected chi connectivity index (χ2v) is 9.94. The van der Waals surface area contributed by atoms with E-state index in [0.29, 0.717) is 18.0 Å². The van der Waals surface area contributed by atoms with Gasteiger partial charge in [-0.2, -0.15) is 0 Å². The van der Waals surface area contributed by atoms with Gasteiger partial charge in [0.2, 0.25) is 5.91 Å². The van der Waals surface area contributed by atoms with Crippen LogP contribution in [0.15, 0.2) is 53.4 Å². The molecule has 1 heterocycles. The van der Waals surface area contributed by atoms with Crippen molar-refractivity contribution < 1.29 is 13.2 Å². The molecular weight excluding hydrogens is 372 g/mol. The molecule has 2 atom stereocenters. The van der Waals surface area contributed by atoms with Crippen LogP contribution in [-0.4, -0.2) is 44.1 Å². The molecule has 2 aromatic rings. The third-order valence-electron chi connectivity index (χ3n) is 5.96. The summed E-state index contributed by atoms with van der Waals surface area (Å²) in [5, 5.41) is 0. The molecule has 148 valence electrons. The summed E-state index contributed by atoms with van der Waals surface area (Å²) in [6, 6.07) is 15.2. The summed E-state index contributed by atoms with van der Waals surface area (Å²) in [6.07, 6.45) is 3.03. The summed E-state index contributed by atoms with van der Waals surface area (Å²) < 4.78 is 25.4. The summed E-state index contributed by atoms with van der Waals surface area (Å²) in [5.74, 6) is -0.205. The van der Waals surface area contributed by atoms with Crippen molar-refractivity contribution in [3.05, 3.63) is 65.2 Å². The van der Waals surface area contributed by atoms with Gasteiger partial charge in [-0.15, -0.1) is 0 Å². The van der Waals surface area contributed by atoms with Crippen molar-refractivity contribution in [2.24, 2.45) is 5.73 Å². The molecule has 0 aromatic heterocycles. The largest absolute Gasteiger partial charge is 0.340 e. The highest BCUT2D eigenvalue weighted by Crippen LogP contribution is 2.28. The van der Waals surface area contributed by atoms with Gasteiger partial charge in [0.05, 0.1) is 10.6 Å². The minimum atomic E-state index is -3.46. The van der Waals surface area contributed by atoms with Gasteiger partial charge in [-0.25, -0.2) is 8.42 Å².